The number of phenolic OH excluding ortho intramolecular Hbond substituents is 1. The minimum Gasteiger partial charge on any atom is -0.508 e. The highest BCUT2D eigenvalue weighted by Crippen LogP contribution is 2.36. The molecule has 0 spiro atoms. The van der Waals surface area contributed by atoms with Crippen LogP contribution in [0.3, 0.4) is 0 Å². The van der Waals surface area contributed by atoms with Gasteiger partial charge in [-0.05, 0) is 47.6 Å². The third-order valence-electron chi connectivity index (χ3n) is 6.77. The molecule has 1 saturated carbocycles. The molecule has 2 aromatic carbocycles. The molecule has 2 aromatic rings. The fourth-order valence-electron chi connectivity index (χ4n) is 4.42. The van der Waals surface area contributed by atoms with E-state index in [1.165, 1.54) is 24.8 Å². The first-order valence-electron chi connectivity index (χ1n) is 11.6. The zero-order valence-corrected chi connectivity index (χ0v) is 18.9. The Morgan fingerprint density at radius 1 is 0.906 bits per heavy atom. The quantitative estimate of drug-likeness (QED) is 0.724. The van der Waals surface area contributed by atoms with Gasteiger partial charge in [-0.25, -0.2) is 0 Å². The van der Waals surface area contributed by atoms with Gasteiger partial charge in [-0.2, -0.15) is 0 Å². The molecule has 4 rings (SSSR count). The number of carbonyl (C=O) groups excluding carboxylic acids is 2. The molecular weight excluding hydrogens is 402 g/mol. The van der Waals surface area contributed by atoms with Gasteiger partial charge in [0.1, 0.15) is 5.75 Å². The summed E-state index contributed by atoms with van der Waals surface area (Å²) in [6.45, 7) is 5.77. The van der Waals surface area contributed by atoms with Crippen molar-refractivity contribution in [3.8, 4) is 5.75 Å². The summed E-state index contributed by atoms with van der Waals surface area (Å²) in [6.07, 6.45) is 3.88. The van der Waals surface area contributed by atoms with E-state index in [4.69, 9.17) is 0 Å². The molecule has 32 heavy (non-hydrogen) atoms. The highest BCUT2D eigenvalue weighted by molar-refractivity contribution is 5.78. The first-order chi connectivity index (χ1) is 15.5. The van der Waals surface area contributed by atoms with Gasteiger partial charge in [0, 0.05) is 46.2 Å². The maximum atomic E-state index is 13.3. The van der Waals surface area contributed by atoms with Gasteiger partial charge < -0.3 is 14.9 Å². The van der Waals surface area contributed by atoms with E-state index in [0.717, 1.165) is 11.1 Å². The predicted molar refractivity (Wildman–Crippen MR) is 124 cm³/mol. The SMILES string of the molecule is CC(=O)N1CCN(CC(=O)N(Cc2ccc(O)cc2)Cc2ccc(C3CCC3)cc2)CC1. The average molecular weight is 436 g/mol. The Morgan fingerprint density at radius 3 is 1.97 bits per heavy atom. The summed E-state index contributed by atoms with van der Waals surface area (Å²) < 4.78 is 0. The van der Waals surface area contributed by atoms with Crippen LogP contribution in [0.5, 0.6) is 5.75 Å². The summed E-state index contributed by atoms with van der Waals surface area (Å²) in [7, 11) is 0. The smallest absolute Gasteiger partial charge is 0.237 e. The Morgan fingerprint density at radius 2 is 1.47 bits per heavy atom. The molecule has 1 aliphatic carbocycles. The largest absolute Gasteiger partial charge is 0.508 e. The van der Waals surface area contributed by atoms with E-state index in [0.29, 0.717) is 51.7 Å². The molecule has 2 amide bonds. The molecule has 1 heterocycles. The number of amides is 2. The van der Waals surface area contributed by atoms with Gasteiger partial charge in [-0.15, -0.1) is 0 Å². The fraction of sp³-hybridized carbons (Fsp3) is 0.462. The molecule has 1 aliphatic heterocycles. The highest BCUT2D eigenvalue weighted by Gasteiger charge is 2.24. The van der Waals surface area contributed by atoms with Crippen molar-refractivity contribution in [2.45, 2.75) is 45.2 Å². The van der Waals surface area contributed by atoms with E-state index in [1.54, 1.807) is 19.1 Å². The van der Waals surface area contributed by atoms with Crippen LogP contribution in [0.25, 0.3) is 0 Å². The third-order valence-corrected chi connectivity index (χ3v) is 6.77. The second kappa shape index (κ2) is 10.2. The van der Waals surface area contributed by atoms with Crippen LogP contribution in [0.15, 0.2) is 48.5 Å². The topological polar surface area (TPSA) is 64.1 Å². The number of piperazine rings is 1. The molecule has 1 saturated heterocycles. The molecule has 0 radical (unpaired) electrons. The zero-order valence-electron chi connectivity index (χ0n) is 18.9. The van der Waals surface area contributed by atoms with Crippen LogP contribution in [-0.2, 0) is 22.7 Å². The number of hydrogen-bond acceptors (Lipinski definition) is 4. The third kappa shape index (κ3) is 5.68. The molecule has 0 bridgehead atoms. The van der Waals surface area contributed by atoms with Crippen molar-refractivity contribution in [1.29, 1.82) is 0 Å². The Hall–Kier alpha value is -2.86. The number of phenols is 1. The van der Waals surface area contributed by atoms with Crippen LogP contribution in [0.2, 0.25) is 0 Å². The molecule has 170 valence electrons. The lowest BCUT2D eigenvalue weighted by Crippen LogP contribution is -2.51. The van der Waals surface area contributed by atoms with E-state index in [1.807, 2.05) is 21.9 Å². The van der Waals surface area contributed by atoms with Crippen molar-refractivity contribution in [3.05, 3.63) is 65.2 Å². The minimum atomic E-state index is 0.0809. The van der Waals surface area contributed by atoms with Crippen LogP contribution in [0, 0.1) is 0 Å². The first kappa shape index (κ1) is 22.3. The van der Waals surface area contributed by atoms with Crippen molar-refractivity contribution < 1.29 is 14.7 Å². The Bertz CT molecular complexity index is 914. The molecular formula is C26H33N3O3. The lowest BCUT2D eigenvalue weighted by molar-refractivity contribution is -0.135. The van der Waals surface area contributed by atoms with Crippen molar-refractivity contribution >= 4 is 11.8 Å². The Labute approximate surface area is 190 Å². The van der Waals surface area contributed by atoms with Gasteiger partial charge in [0.15, 0.2) is 0 Å². The standard InChI is InChI=1S/C26H33N3O3/c1-20(30)28-15-13-27(14-16-28)19-26(32)29(18-22-7-11-25(31)12-8-22)17-21-5-9-24(10-6-21)23-3-2-4-23/h5-12,23,31H,2-4,13-19H2,1H3. The Balaban J connectivity index is 1.42. The second-order valence-electron chi connectivity index (χ2n) is 9.07. The van der Waals surface area contributed by atoms with Crippen LogP contribution >= 0.6 is 0 Å². The van der Waals surface area contributed by atoms with E-state index in [2.05, 4.69) is 29.2 Å². The monoisotopic (exact) mass is 435 g/mol. The summed E-state index contributed by atoms with van der Waals surface area (Å²) in [5, 5.41) is 9.59. The maximum absolute atomic E-state index is 13.3. The van der Waals surface area contributed by atoms with E-state index in [-0.39, 0.29) is 17.6 Å². The molecule has 6 nitrogen and oxygen atoms in total. The first-order valence-corrected chi connectivity index (χ1v) is 11.6. The highest BCUT2D eigenvalue weighted by atomic mass is 16.3. The molecule has 0 atom stereocenters. The summed E-state index contributed by atoms with van der Waals surface area (Å²) in [6, 6.07) is 15.8. The summed E-state index contributed by atoms with van der Waals surface area (Å²) in [5.74, 6) is 1.10. The summed E-state index contributed by atoms with van der Waals surface area (Å²) >= 11 is 0. The fourth-order valence-corrected chi connectivity index (χ4v) is 4.42. The van der Waals surface area contributed by atoms with Crippen molar-refractivity contribution in [1.82, 2.24) is 14.7 Å². The molecule has 2 aliphatic rings. The lowest BCUT2D eigenvalue weighted by Gasteiger charge is -2.35. The number of nitrogens with zero attached hydrogens (tertiary/aromatic N) is 3. The molecule has 6 heteroatoms. The van der Waals surface area contributed by atoms with Gasteiger partial charge in [0.2, 0.25) is 11.8 Å². The molecule has 2 fully saturated rings. The lowest BCUT2D eigenvalue weighted by atomic mass is 9.80. The number of benzene rings is 2. The van der Waals surface area contributed by atoms with Gasteiger partial charge in [0.05, 0.1) is 6.54 Å². The molecule has 0 aromatic heterocycles. The number of carbonyl (C=O) groups is 2. The van der Waals surface area contributed by atoms with Gasteiger partial charge in [0.25, 0.3) is 0 Å². The van der Waals surface area contributed by atoms with Gasteiger partial charge in [-0.1, -0.05) is 42.8 Å². The number of aromatic hydroxyl groups is 1. The summed E-state index contributed by atoms with van der Waals surface area (Å²) in [5.41, 5.74) is 3.52. The van der Waals surface area contributed by atoms with E-state index < -0.39 is 0 Å². The molecule has 1 N–H and O–H groups in total. The maximum Gasteiger partial charge on any atom is 0.237 e. The van der Waals surface area contributed by atoms with Crippen molar-refractivity contribution in [2.24, 2.45) is 0 Å². The normalized spacial score (nSPS) is 17.1. The molecule has 0 unspecified atom stereocenters. The van der Waals surface area contributed by atoms with Crippen LogP contribution in [0.4, 0.5) is 0 Å². The zero-order chi connectivity index (χ0) is 22.5. The Kier molecular flexibility index (Phi) is 7.10. The minimum absolute atomic E-state index is 0.0809. The van der Waals surface area contributed by atoms with Gasteiger partial charge in [-0.3, -0.25) is 14.5 Å². The van der Waals surface area contributed by atoms with Crippen LogP contribution in [0.1, 0.15) is 48.8 Å². The van der Waals surface area contributed by atoms with Crippen molar-refractivity contribution in [2.75, 3.05) is 32.7 Å². The van der Waals surface area contributed by atoms with Gasteiger partial charge >= 0.3 is 0 Å². The van der Waals surface area contributed by atoms with Crippen LogP contribution < -0.4 is 0 Å². The second-order valence-corrected chi connectivity index (χ2v) is 9.07. The number of rotatable bonds is 7. The van der Waals surface area contributed by atoms with E-state index in [9.17, 15) is 14.7 Å². The predicted octanol–water partition coefficient (Wildman–Crippen LogP) is 3.35. The van der Waals surface area contributed by atoms with Crippen molar-refractivity contribution in [3.63, 3.8) is 0 Å². The average Bonchev–Trinajstić information content (AvgIpc) is 2.75. The van der Waals surface area contributed by atoms with E-state index >= 15 is 0 Å². The summed E-state index contributed by atoms with van der Waals surface area (Å²) in [4.78, 5) is 30.7. The number of hydrogen-bond donors (Lipinski definition) is 1. The van der Waals surface area contributed by atoms with Crippen LogP contribution in [-0.4, -0.2) is 64.3 Å².